The lowest BCUT2D eigenvalue weighted by Gasteiger charge is -2.08. The summed E-state index contributed by atoms with van der Waals surface area (Å²) in [6.07, 6.45) is 3.09. The van der Waals surface area contributed by atoms with Gasteiger partial charge in [-0.15, -0.1) is 6.58 Å². The van der Waals surface area contributed by atoms with Gasteiger partial charge in [0.2, 0.25) is 0 Å². The minimum atomic E-state index is 0.542. The van der Waals surface area contributed by atoms with Crippen LogP contribution in [-0.4, -0.2) is 6.54 Å². The Kier molecular flexibility index (Phi) is 5.13. The smallest absolute Gasteiger partial charge is 0.0205 e. The molecule has 0 spiro atoms. The molecule has 0 aliphatic heterocycles. The van der Waals surface area contributed by atoms with Crippen LogP contribution in [0.25, 0.3) is 0 Å². The molecule has 1 aromatic rings. The molecule has 0 radical (unpaired) electrons. The van der Waals surface area contributed by atoms with E-state index in [1.165, 1.54) is 11.1 Å². The van der Waals surface area contributed by atoms with Crippen molar-refractivity contribution >= 4 is 0 Å². The lowest BCUT2D eigenvalue weighted by Crippen LogP contribution is -2.19. The molecule has 0 aliphatic rings. The van der Waals surface area contributed by atoms with E-state index in [4.69, 9.17) is 0 Å². The second-order valence-electron chi connectivity index (χ2n) is 4.01. The fraction of sp³-hybridized carbons (Fsp3) is 0.429. The minimum Gasteiger partial charge on any atom is -0.312 e. The second-order valence-corrected chi connectivity index (χ2v) is 4.01. The van der Waals surface area contributed by atoms with Gasteiger partial charge in [-0.1, -0.05) is 44.2 Å². The third kappa shape index (κ3) is 4.30. The van der Waals surface area contributed by atoms with Crippen LogP contribution < -0.4 is 5.32 Å². The third-order valence-corrected chi connectivity index (χ3v) is 2.63. The second kappa shape index (κ2) is 6.41. The molecule has 1 unspecified atom stereocenters. The van der Waals surface area contributed by atoms with Crippen molar-refractivity contribution in [3.63, 3.8) is 0 Å². The van der Waals surface area contributed by atoms with E-state index in [2.05, 4.69) is 50.0 Å². The summed E-state index contributed by atoms with van der Waals surface area (Å²) in [5.41, 5.74) is 2.75. The van der Waals surface area contributed by atoms with Crippen molar-refractivity contribution in [1.29, 1.82) is 0 Å². The van der Waals surface area contributed by atoms with Crippen molar-refractivity contribution in [2.75, 3.05) is 6.54 Å². The first-order valence-corrected chi connectivity index (χ1v) is 5.67. The summed E-state index contributed by atoms with van der Waals surface area (Å²) in [7, 11) is 0. The van der Waals surface area contributed by atoms with Gasteiger partial charge in [0.25, 0.3) is 0 Å². The molecule has 0 aromatic heterocycles. The first kappa shape index (κ1) is 12.0. The highest BCUT2D eigenvalue weighted by molar-refractivity contribution is 5.22. The van der Waals surface area contributed by atoms with Gasteiger partial charge in [-0.3, -0.25) is 0 Å². The normalized spacial score (nSPS) is 12.4. The quantitative estimate of drug-likeness (QED) is 0.700. The van der Waals surface area contributed by atoms with Crippen molar-refractivity contribution in [3.8, 4) is 0 Å². The van der Waals surface area contributed by atoms with Crippen LogP contribution in [0, 0.1) is 5.92 Å². The van der Waals surface area contributed by atoms with Gasteiger partial charge in [0, 0.05) is 13.1 Å². The Hall–Kier alpha value is -1.08. The Morgan fingerprint density at radius 1 is 1.27 bits per heavy atom. The van der Waals surface area contributed by atoms with E-state index >= 15 is 0 Å². The Morgan fingerprint density at radius 2 is 1.87 bits per heavy atom. The number of benzene rings is 1. The van der Waals surface area contributed by atoms with Gasteiger partial charge < -0.3 is 5.32 Å². The van der Waals surface area contributed by atoms with Gasteiger partial charge in [0.15, 0.2) is 0 Å². The van der Waals surface area contributed by atoms with E-state index in [9.17, 15) is 0 Å². The molecule has 1 heteroatoms. The van der Waals surface area contributed by atoms with Crippen LogP contribution >= 0.6 is 0 Å². The van der Waals surface area contributed by atoms with Gasteiger partial charge in [-0.25, -0.2) is 0 Å². The molecule has 82 valence electrons. The van der Waals surface area contributed by atoms with Crippen molar-refractivity contribution in [3.05, 3.63) is 48.0 Å². The lowest BCUT2D eigenvalue weighted by molar-refractivity contribution is 0.594. The SMILES string of the molecule is C=CC(C)CNCc1ccc(CC)cc1. The Morgan fingerprint density at radius 3 is 2.40 bits per heavy atom. The first-order valence-electron chi connectivity index (χ1n) is 5.67. The number of nitrogens with one attached hydrogen (secondary N) is 1. The highest BCUT2D eigenvalue weighted by atomic mass is 14.8. The monoisotopic (exact) mass is 203 g/mol. The average Bonchev–Trinajstić information content (AvgIpc) is 2.29. The molecule has 0 saturated carbocycles. The summed E-state index contributed by atoms with van der Waals surface area (Å²) >= 11 is 0. The summed E-state index contributed by atoms with van der Waals surface area (Å²) in [6, 6.07) is 8.80. The van der Waals surface area contributed by atoms with Crippen LogP contribution in [0.15, 0.2) is 36.9 Å². The van der Waals surface area contributed by atoms with Crippen LogP contribution in [0.1, 0.15) is 25.0 Å². The van der Waals surface area contributed by atoms with E-state index in [0.29, 0.717) is 5.92 Å². The molecule has 0 aliphatic carbocycles. The highest BCUT2D eigenvalue weighted by Gasteiger charge is 1.96. The van der Waals surface area contributed by atoms with Crippen molar-refractivity contribution in [1.82, 2.24) is 5.32 Å². The molecule has 1 nitrogen and oxygen atoms in total. The maximum atomic E-state index is 3.77. The van der Waals surface area contributed by atoms with Crippen LogP contribution in [0.4, 0.5) is 0 Å². The van der Waals surface area contributed by atoms with Crippen molar-refractivity contribution < 1.29 is 0 Å². The standard InChI is InChI=1S/C14H21N/c1-4-12(3)10-15-11-14-8-6-13(5-2)7-9-14/h4,6-9,12,15H,1,5,10-11H2,2-3H3. The molecular weight excluding hydrogens is 182 g/mol. The number of hydrogen-bond acceptors (Lipinski definition) is 1. The molecule has 1 atom stereocenters. The lowest BCUT2D eigenvalue weighted by atomic mass is 10.1. The fourth-order valence-electron chi connectivity index (χ4n) is 1.42. The zero-order valence-corrected chi connectivity index (χ0v) is 9.79. The summed E-state index contributed by atoms with van der Waals surface area (Å²) < 4.78 is 0. The molecule has 15 heavy (non-hydrogen) atoms. The molecule has 0 fully saturated rings. The molecular formula is C14H21N. The summed E-state index contributed by atoms with van der Waals surface area (Å²) in [5.74, 6) is 0.542. The van der Waals surface area contributed by atoms with E-state index in [1.807, 2.05) is 6.08 Å². The van der Waals surface area contributed by atoms with Crippen LogP contribution in [0.3, 0.4) is 0 Å². The molecule has 0 saturated heterocycles. The van der Waals surface area contributed by atoms with Crippen molar-refractivity contribution in [2.45, 2.75) is 26.8 Å². The fourth-order valence-corrected chi connectivity index (χ4v) is 1.42. The predicted molar refractivity (Wildman–Crippen MR) is 66.9 cm³/mol. The van der Waals surface area contributed by atoms with Gasteiger partial charge in [0.1, 0.15) is 0 Å². The van der Waals surface area contributed by atoms with Gasteiger partial charge >= 0.3 is 0 Å². The van der Waals surface area contributed by atoms with Crippen LogP contribution in [0.5, 0.6) is 0 Å². The third-order valence-electron chi connectivity index (χ3n) is 2.63. The van der Waals surface area contributed by atoms with E-state index in [-0.39, 0.29) is 0 Å². The Labute approximate surface area is 93.2 Å². The Balaban J connectivity index is 2.34. The van der Waals surface area contributed by atoms with E-state index < -0.39 is 0 Å². The number of hydrogen-bond donors (Lipinski definition) is 1. The van der Waals surface area contributed by atoms with E-state index in [0.717, 1.165) is 19.5 Å². The molecule has 1 rings (SSSR count). The Bertz CT molecular complexity index is 287. The highest BCUT2D eigenvalue weighted by Crippen LogP contribution is 2.04. The molecule has 1 N–H and O–H groups in total. The average molecular weight is 203 g/mol. The first-order chi connectivity index (χ1) is 7.26. The summed E-state index contributed by atoms with van der Waals surface area (Å²) in [4.78, 5) is 0. The van der Waals surface area contributed by atoms with Crippen molar-refractivity contribution in [2.24, 2.45) is 5.92 Å². The summed E-state index contributed by atoms with van der Waals surface area (Å²) in [5, 5.41) is 3.42. The minimum absolute atomic E-state index is 0.542. The van der Waals surface area contributed by atoms with Gasteiger partial charge in [-0.05, 0) is 23.5 Å². The van der Waals surface area contributed by atoms with Gasteiger partial charge in [0.05, 0.1) is 0 Å². The maximum absolute atomic E-state index is 3.77. The van der Waals surface area contributed by atoms with Gasteiger partial charge in [-0.2, -0.15) is 0 Å². The molecule has 1 aromatic carbocycles. The molecule has 0 amide bonds. The summed E-state index contributed by atoms with van der Waals surface area (Å²) in [6.45, 7) is 10.1. The maximum Gasteiger partial charge on any atom is 0.0205 e. The number of aryl methyl sites for hydroxylation is 1. The molecule has 0 bridgehead atoms. The van der Waals surface area contributed by atoms with E-state index in [1.54, 1.807) is 0 Å². The zero-order chi connectivity index (χ0) is 11.1. The zero-order valence-electron chi connectivity index (χ0n) is 9.79. The topological polar surface area (TPSA) is 12.0 Å². The molecule has 0 heterocycles. The largest absolute Gasteiger partial charge is 0.312 e. The number of rotatable bonds is 6. The predicted octanol–water partition coefficient (Wildman–Crippen LogP) is 3.16. The van der Waals surface area contributed by atoms with Crippen LogP contribution in [0.2, 0.25) is 0 Å². The van der Waals surface area contributed by atoms with Crippen LogP contribution in [-0.2, 0) is 13.0 Å².